The van der Waals surface area contributed by atoms with Crippen molar-refractivity contribution in [3.63, 3.8) is 0 Å². The Balaban J connectivity index is 0. The van der Waals surface area contributed by atoms with E-state index in [9.17, 15) is 37.2 Å². The van der Waals surface area contributed by atoms with Crippen LogP contribution in [0.3, 0.4) is 0 Å². The molecular formula is C30H36I5O12S2V2. The third-order valence-electron chi connectivity index (χ3n) is 5.52. The second-order valence-electron chi connectivity index (χ2n) is 10.5. The third kappa shape index (κ3) is 25.5. The van der Waals surface area contributed by atoms with E-state index in [-0.39, 0.29) is 21.2 Å². The SMILES string of the molecule is CC(=O)OCC(=O)OC(C)(C)C(=O)c1ccc(S(C)(=O)=O)cc1.CSc1ccc(C(=O)C(C)(C)OC(=O)COC(C)=O)cc1.[I][V]([I])[I].[I][V][I]. The fourth-order valence-electron chi connectivity index (χ4n) is 3.33. The van der Waals surface area contributed by atoms with Crippen molar-refractivity contribution in [1.82, 2.24) is 0 Å². The van der Waals surface area contributed by atoms with Gasteiger partial charge in [-0.2, -0.15) is 0 Å². The van der Waals surface area contributed by atoms with Crippen LogP contribution in [0.5, 0.6) is 0 Å². The number of hydrogen-bond acceptors (Lipinski definition) is 13. The van der Waals surface area contributed by atoms with Crippen LogP contribution in [0, 0.1) is 0 Å². The third-order valence-corrected chi connectivity index (χ3v) is 7.39. The molecule has 12 nitrogen and oxygen atoms in total. The number of ketones is 2. The molecule has 21 heteroatoms. The Bertz CT molecular complexity index is 1570. The summed E-state index contributed by atoms with van der Waals surface area (Å²) in [6.45, 7) is 7.05. The molecule has 2 rings (SSSR count). The normalized spacial score (nSPS) is 10.7. The molecule has 2 aromatic carbocycles. The number of sulfone groups is 1. The average Bonchev–Trinajstić information content (AvgIpc) is 3.02. The van der Waals surface area contributed by atoms with Gasteiger partial charge < -0.3 is 18.9 Å². The molecular weight excluding hydrogens is 1350 g/mol. The van der Waals surface area contributed by atoms with E-state index in [4.69, 9.17) is 9.47 Å². The molecule has 0 aliphatic heterocycles. The average molecular weight is 1390 g/mol. The van der Waals surface area contributed by atoms with Crippen molar-refractivity contribution < 1.29 is 70.5 Å². The Morgan fingerprint density at radius 1 is 0.706 bits per heavy atom. The number of thioether (sulfide) groups is 1. The molecule has 0 heterocycles. The zero-order valence-corrected chi connectivity index (χ0v) is 43.7. The summed E-state index contributed by atoms with van der Waals surface area (Å²) in [5.74, 6) is -3.65. The first-order chi connectivity index (χ1) is 23.3. The van der Waals surface area contributed by atoms with Gasteiger partial charge in [-0.05, 0) is 70.3 Å². The topological polar surface area (TPSA) is 173 Å². The fraction of sp³-hybridized carbons (Fsp3) is 0.400. The Morgan fingerprint density at radius 2 is 1.00 bits per heavy atom. The molecule has 0 aromatic heterocycles. The van der Waals surface area contributed by atoms with Gasteiger partial charge in [0, 0.05) is 36.1 Å². The van der Waals surface area contributed by atoms with Crippen molar-refractivity contribution in [3.8, 4) is 0 Å². The van der Waals surface area contributed by atoms with Gasteiger partial charge in [0.15, 0.2) is 34.3 Å². The van der Waals surface area contributed by atoms with Crippen LogP contribution in [0.15, 0.2) is 58.3 Å². The number of rotatable bonds is 12. The van der Waals surface area contributed by atoms with Gasteiger partial charge in [0.1, 0.15) is 0 Å². The molecule has 0 fully saturated rings. The van der Waals surface area contributed by atoms with Crippen molar-refractivity contribution in [2.45, 2.75) is 62.5 Å². The molecule has 0 amide bonds. The number of carbonyl (C=O) groups is 6. The molecule has 0 aliphatic carbocycles. The first-order valence-electron chi connectivity index (χ1n) is 13.8. The van der Waals surface area contributed by atoms with E-state index in [0.29, 0.717) is 15.0 Å². The second-order valence-corrected chi connectivity index (χ2v) is 60.5. The van der Waals surface area contributed by atoms with Crippen molar-refractivity contribution in [3.05, 3.63) is 59.7 Å². The number of benzene rings is 2. The van der Waals surface area contributed by atoms with Gasteiger partial charge in [-0.25, -0.2) is 18.0 Å². The summed E-state index contributed by atoms with van der Waals surface area (Å²) >= 11 is 13.7. The molecule has 285 valence electrons. The predicted molar refractivity (Wildman–Crippen MR) is 230 cm³/mol. The van der Waals surface area contributed by atoms with Gasteiger partial charge in [-0.3, -0.25) is 19.2 Å². The molecule has 0 aliphatic rings. The summed E-state index contributed by atoms with van der Waals surface area (Å²) in [4.78, 5) is 69.9. The van der Waals surface area contributed by atoms with Crippen molar-refractivity contribution in [2.24, 2.45) is 0 Å². The molecule has 0 spiro atoms. The summed E-state index contributed by atoms with van der Waals surface area (Å²) in [5.41, 5.74) is -2.15. The van der Waals surface area contributed by atoms with E-state index in [1.165, 1.54) is 58.9 Å². The number of Topliss-reactive ketones (excluding diaryl/α,β-unsaturated/α-hetero) is 2. The zero-order chi connectivity index (χ0) is 40.2. The number of esters is 4. The molecule has 2 aromatic rings. The first kappa shape index (κ1) is 53.9. The summed E-state index contributed by atoms with van der Waals surface area (Å²) in [6.07, 6.45) is 3.00. The number of carbonyl (C=O) groups excluding carboxylic acids is 6. The minimum absolute atomic E-state index is 0.0821. The van der Waals surface area contributed by atoms with E-state index in [1.54, 1.807) is 23.9 Å². The minimum atomic E-state index is -3.36. The Labute approximate surface area is 369 Å². The van der Waals surface area contributed by atoms with Gasteiger partial charge in [-0.15, -0.1) is 11.8 Å². The zero-order valence-electron chi connectivity index (χ0n) is 28.5. The summed E-state index contributed by atoms with van der Waals surface area (Å²) in [7, 11) is -2.73. The number of ether oxygens (including phenoxy) is 4. The van der Waals surface area contributed by atoms with Crippen LogP contribution in [0.2, 0.25) is 0 Å². The molecule has 0 atom stereocenters. The Morgan fingerprint density at radius 3 is 1.25 bits per heavy atom. The molecule has 51 heavy (non-hydrogen) atoms. The molecule has 0 bridgehead atoms. The van der Waals surface area contributed by atoms with Gasteiger partial charge in [0.2, 0.25) is 11.6 Å². The van der Waals surface area contributed by atoms with Crippen LogP contribution in [0.25, 0.3) is 0 Å². The van der Waals surface area contributed by atoms with Crippen LogP contribution >= 0.6 is 112 Å². The molecule has 0 saturated heterocycles. The van der Waals surface area contributed by atoms with Crippen molar-refractivity contribution >= 4 is 157 Å². The van der Waals surface area contributed by atoms with E-state index in [1.807, 2.05) is 18.4 Å². The van der Waals surface area contributed by atoms with Crippen molar-refractivity contribution in [1.29, 1.82) is 0 Å². The second kappa shape index (κ2) is 27.4. The van der Waals surface area contributed by atoms with E-state index >= 15 is 0 Å². The van der Waals surface area contributed by atoms with Crippen molar-refractivity contribution in [2.75, 3.05) is 25.7 Å². The maximum absolute atomic E-state index is 12.4. The van der Waals surface area contributed by atoms with Gasteiger partial charge in [-0.1, -0.05) is 12.1 Å². The summed E-state index contributed by atoms with van der Waals surface area (Å²) < 4.78 is 41.9. The predicted octanol–water partition coefficient (Wildman–Crippen LogP) is 8.06. The Kier molecular flexibility index (Phi) is 28.9. The molecule has 0 saturated carbocycles. The van der Waals surface area contributed by atoms with Crippen LogP contribution in [-0.2, 0) is 62.3 Å². The molecule has 0 radical (unpaired) electrons. The standard InChI is InChI=1S/C15H18O7S.C15H18O5S.5HI.2V/c1-10(16)21-9-13(17)22-15(2,3)14(18)11-5-7-12(8-6-11)23(4,19)20;1-10(16)19-9-13(17)20-15(2,3)14(18)11-5-7-12(21-4)8-6-11;;;;;;;/h5-8H,9H2,1-4H3;5-8H,9H2,1-4H3;5*1H;;/q;;;;;;;+2;+3/p-5. The van der Waals surface area contributed by atoms with Crippen LogP contribution in [0.1, 0.15) is 62.3 Å². The molecule has 0 unspecified atom stereocenters. The summed E-state index contributed by atoms with van der Waals surface area (Å²) in [6, 6.07) is 12.3. The summed E-state index contributed by atoms with van der Waals surface area (Å²) in [5, 5.41) is 0. The van der Waals surface area contributed by atoms with E-state index < -0.39 is 63.9 Å². The van der Waals surface area contributed by atoms with Gasteiger partial charge >= 0.3 is 138 Å². The number of hydrogen-bond donors (Lipinski definition) is 0. The Hall–Kier alpha value is 0.779. The first-order valence-corrected chi connectivity index (χ1v) is 39.4. The van der Waals surface area contributed by atoms with Crippen LogP contribution < -0.4 is 0 Å². The monoisotopic (exact) mass is 1390 g/mol. The quantitative estimate of drug-likeness (QED) is 0.0658. The van der Waals surface area contributed by atoms with Gasteiger partial charge in [0.25, 0.3) is 0 Å². The number of halogens is 5. The maximum atomic E-state index is 12.4. The van der Waals surface area contributed by atoms with E-state index in [2.05, 4.69) is 109 Å². The van der Waals surface area contributed by atoms with Crippen LogP contribution in [-0.4, -0.2) is 80.8 Å². The fourth-order valence-corrected chi connectivity index (χ4v) is 4.37. The van der Waals surface area contributed by atoms with Crippen LogP contribution in [0.4, 0.5) is 0 Å². The van der Waals surface area contributed by atoms with Gasteiger partial charge in [0.05, 0.1) is 4.90 Å². The molecule has 0 N–H and O–H groups in total. The van der Waals surface area contributed by atoms with E-state index in [0.717, 1.165) is 18.1 Å².